The summed E-state index contributed by atoms with van der Waals surface area (Å²) >= 11 is 12.6. The van der Waals surface area contributed by atoms with Crippen LogP contribution in [-0.2, 0) is 11.3 Å². The lowest BCUT2D eigenvalue weighted by atomic mass is 9.90. The number of likely N-dealkylation sites (tertiary alicyclic amines) is 1. The Labute approximate surface area is 193 Å². The lowest BCUT2D eigenvalue weighted by molar-refractivity contribution is -0.143. The van der Waals surface area contributed by atoms with Crippen LogP contribution in [0.25, 0.3) is 0 Å². The van der Waals surface area contributed by atoms with Crippen LogP contribution in [0.5, 0.6) is 0 Å². The summed E-state index contributed by atoms with van der Waals surface area (Å²) in [6.07, 6.45) is 1.30. The van der Waals surface area contributed by atoms with Crippen molar-refractivity contribution in [1.29, 1.82) is 0 Å². The van der Waals surface area contributed by atoms with Crippen molar-refractivity contribution in [1.82, 2.24) is 4.90 Å². The molecular weight excluding hydrogens is 438 g/mol. The quantitative estimate of drug-likeness (QED) is 0.581. The Morgan fingerprint density at radius 2 is 1.71 bits per heavy atom. The molecule has 2 aliphatic heterocycles. The molecule has 4 rings (SSSR count). The second kappa shape index (κ2) is 10.7. The molecular formula is C24H29Cl2FN2O2. The molecule has 0 saturated carbocycles. The van der Waals surface area contributed by atoms with Crippen LogP contribution in [-0.4, -0.2) is 42.2 Å². The molecule has 4 nitrogen and oxygen atoms in total. The second-order valence-electron chi connectivity index (χ2n) is 7.91. The van der Waals surface area contributed by atoms with Crippen molar-refractivity contribution in [3.63, 3.8) is 0 Å². The number of hydrogen-bond acceptors (Lipinski definition) is 3. The highest BCUT2D eigenvalue weighted by Crippen LogP contribution is 2.39. The number of carboxylic acids is 1. The third-order valence-electron chi connectivity index (χ3n) is 5.99. The first kappa shape index (κ1) is 23.8. The van der Waals surface area contributed by atoms with Crippen molar-refractivity contribution in [3.8, 4) is 0 Å². The Balaban J connectivity index is 0.00000132. The normalized spacial score (nSPS) is 17.6. The molecule has 0 aromatic heterocycles. The molecule has 2 heterocycles. The van der Waals surface area contributed by atoms with Crippen molar-refractivity contribution in [3.05, 3.63) is 63.4 Å². The molecule has 2 aromatic rings. The first-order valence-electron chi connectivity index (χ1n) is 10.8. The predicted octanol–water partition coefficient (Wildman–Crippen LogP) is 6.06. The molecule has 1 N–H and O–H groups in total. The number of halogens is 3. The van der Waals surface area contributed by atoms with E-state index in [1.165, 1.54) is 0 Å². The van der Waals surface area contributed by atoms with Gasteiger partial charge in [-0.3, -0.25) is 9.69 Å². The third-order valence-corrected chi connectivity index (χ3v) is 6.64. The van der Waals surface area contributed by atoms with Gasteiger partial charge in [-0.1, -0.05) is 49.2 Å². The summed E-state index contributed by atoms with van der Waals surface area (Å²) < 4.78 is 14.7. The zero-order chi connectivity index (χ0) is 22.5. The van der Waals surface area contributed by atoms with E-state index in [4.69, 9.17) is 28.3 Å². The highest BCUT2D eigenvalue weighted by Gasteiger charge is 2.32. The molecule has 2 aromatic carbocycles. The van der Waals surface area contributed by atoms with Gasteiger partial charge in [0.25, 0.3) is 0 Å². The molecule has 0 bridgehead atoms. The van der Waals surface area contributed by atoms with Crippen LogP contribution in [0.4, 0.5) is 10.1 Å². The van der Waals surface area contributed by atoms with E-state index in [0.717, 1.165) is 24.2 Å². The summed E-state index contributed by atoms with van der Waals surface area (Å²) in [4.78, 5) is 15.3. The molecule has 0 spiro atoms. The van der Waals surface area contributed by atoms with Gasteiger partial charge >= 0.3 is 5.97 Å². The number of rotatable bonds is 5. The molecule has 2 fully saturated rings. The molecule has 0 aliphatic carbocycles. The average molecular weight is 467 g/mol. The maximum Gasteiger partial charge on any atom is 0.306 e. The van der Waals surface area contributed by atoms with Crippen LogP contribution in [0.2, 0.25) is 10.0 Å². The van der Waals surface area contributed by atoms with Gasteiger partial charge in [0.05, 0.1) is 11.6 Å². The first-order valence-corrected chi connectivity index (χ1v) is 11.6. The van der Waals surface area contributed by atoms with Gasteiger partial charge in [0.15, 0.2) is 0 Å². The minimum absolute atomic E-state index is 0.200. The van der Waals surface area contributed by atoms with Crippen molar-refractivity contribution < 1.29 is 14.3 Å². The van der Waals surface area contributed by atoms with Crippen LogP contribution in [0.1, 0.15) is 43.7 Å². The Hall–Kier alpha value is -1.82. The van der Waals surface area contributed by atoms with Gasteiger partial charge in [-0.25, -0.2) is 4.39 Å². The lowest BCUT2D eigenvalue weighted by Gasteiger charge is -2.42. The van der Waals surface area contributed by atoms with E-state index < -0.39 is 5.97 Å². The monoisotopic (exact) mass is 466 g/mol. The number of benzene rings is 2. The fourth-order valence-electron chi connectivity index (χ4n) is 4.26. The van der Waals surface area contributed by atoms with Crippen molar-refractivity contribution >= 4 is 34.9 Å². The van der Waals surface area contributed by atoms with E-state index in [9.17, 15) is 9.18 Å². The molecule has 0 unspecified atom stereocenters. The van der Waals surface area contributed by atoms with Gasteiger partial charge in [-0.2, -0.15) is 0 Å². The summed E-state index contributed by atoms with van der Waals surface area (Å²) in [5.41, 5.74) is 2.44. The number of carboxylic acid groups (broad SMARTS) is 1. The van der Waals surface area contributed by atoms with E-state index in [2.05, 4.69) is 4.90 Å². The molecule has 31 heavy (non-hydrogen) atoms. The van der Waals surface area contributed by atoms with Crippen LogP contribution in [0.3, 0.4) is 0 Å². The highest BCUT2D eigenvalue weighted by atomic mass is 35.5. The number of aliphatic carboxylic acids is 1. The Morgan fingerprint density at radius 1 is 1.10 bits per heavy atom. The topological polar surface area (TPSA) is 43.8 Å². The van der Waals surface area contributed by atoms with Crippen molar-refractivity contribution in [2.24, 2.45) is 5.92 Å². The maximum atomic E-state index is 14.7. The Morgan fingerprint density at radius 3 is 2.26 bits per heavy atom. The van der Waals surface area contributed by atoms with Crippen molar-refractivity contribution in [2.45, 2.75) is 39.2 Å². The van der Waals surface area contributed by atoms with Crippen LogP contribution in [0.15, 0.2) is 36.4 Å². The van der Waals surface area contributed by atoms with Crippen LogP contribution in [0, 0.1) is 11.7 Å². The van der Waals surface area contributed by atoms with Gasteiger partial charge in [0.2, 0.25) is 0 Å². The summed E-state index contributed by atoms with van der Waals surface area (Å²) in [5, 5.41) is 10.4. The number of hydrogen-bond donors (Lipinski definition) is 1. The summed E-state index contributed by atoms with van der Waals surface area (Å²) in [7, 11) is 0. The Bertz CT molecular complexity index is 890. The van der Waals surface area contributed by atoms with E-state index >= 15 is 0 Å². The fraction of sp³-hybridized carbons (Fsp3) is 0.458. The molecule has 0 amide bonds. The molecule has 2 saturated heterocycles. The van der Waals surface area contributed by atoms with E-state index in [0.29, 0.717) is 48.2 Å². The second-order valence-corrected chi connectivity index (χ2v) is 8.73. The van der Waals surface area contributed by atoms with E-state index in [1.807, 2.05) is 49.1 Å². The van der Waals surface area contributed by atoms with Gasteiger partial charge in [-0.05, 0) is 61.3 Å². The van der Waals surface area contributed by atoms with Crippen LogP contribution < -0.4 is 4.90 Å². The van der Waals surface area contributed by atoms with Gasteiger partial charge in [-0.15, -0.1) is 0 Å². The number of piperidine rings is 1. The van der Waals surface area contributed by atoms with Crippen molar-refractivity contribution in [2.75, 3.05) is 31.1 Å². The molecule has 7 heteroatoms. The fourth-order valence-corrected chi connectivity index (χ4v) is 4.97. The molecule has 0 radical (unpaired) electrons. The third kappa shape index (κ3) is 5.51. The smallest absolute Gasteiger partial charge is 0.306 e. The van der Waals surface area contributed by atoms with Crippen LogP contribution >= 0.6 is 23.2 Å². The standard InChI is InChI=1S/C22H23Cl2FN2O2.C2H6/c23-17-2-1-3-18(24)21(17)16-12-27(13-16)20-5-4-14(10-19(20)25)11-26-8-6-15(7-9-26)22(28)29;1-2/h1-5,10,15-16H,6-9,11-13H2,(H,28,29);1-2H3. The number of anilines is 1. The minimum atomic E-state index is -0.717. The van der Waals surface area contributed by atoms with Gasteiger partial charge < -0.3 is 10.0 Å². The first-order chi connectivity index (χ1) is 14.9. The SMILES string of the molecule is CC.O=C(O)C1CCN(Cc2ccc(N3CC(c4c(Cl)cccc4Cl)C3)c(F)c2)CC1. The molecule has 0 atom stereocenters. The zero-order valence-corrected chi connectivity index (χ0v) is 19.5. The lowest BCUT2D eigenvalue weighted by Crippen LogP contribution is -2.45. The highest BCUT2D eigenvalue weighted by molar-refractivity contribution is 6.36. The zero-order valence-electron chi connectivity index (χ0n) is 18.0. The molecule has 2 aliphatic rings. The van der Waals surface area contributed by atoms with E-state index in [1.54, 1.807) is 6.07 Å². The minimum Gasteiger partial charge on any atom is -0.481 e. The average Bonchev–Trinajstić information content (AvgIpc) is 2.72. The summed E-state index contributed by atoms with van der Waals surface area (Å²) in [6.45, 7) is 7.46. The largest absolute Gasteiger partial charge is 0.481 e. The number of carbonyl (C=O) groups is 1. The maximum absolute atomic E-state index is 14.7. The predicted molar refractivity (Wildman–Crippen MR) is 125 cm³/mol. The van der Waals surface area contributed by atoms with Gasteiger partial charge in [0.1, 0.15) is 5.82 Å². The molecule has 168 valence electrons. The number of nitrogens with zero attached hydrogens (tertiary/aromatic N) is 2. The Kier molecular flexibility index (Phi) is 8.20. The summed E-state index contributed by atoms with van der Waals surface area (Å²) in [6, 6.07) is 10.9. The van der Waals surface area contributed by atoms with Gasteiger partial charge in [0, 0.05) is 35.6 Å². The van der Waals surface area contributed by atoms with E-state index in [-0.39, 0.29) is 17.7 Å². The summed E-state index contributed by atoms with van der Waals surface area (Å²) in [5.74, 6) is -1.00.